The van der Waals surface area contributed by atoms with Crippen molar-refractivity contribution < 1.29 is 19.7 Å². The summed E-state index contributed by atoms with van der Waals surface area (Å²) in [5.74, 6) is -0.558. The van der Waals surface area contributed by atoms with Crippen LogP contribution >= 0.6 is 0 Å². The number of aliphatic hydroxyl groups excluding tert-OH is 1. The minimum atomic E-state index is -1.05. The van der Waals surface area contributed by atoms with Gasteiger partial charge in [-0.25, -0.2) is 4.79 Å². The third-order valence-electron chi connectivity index (χ3n) is 3.61. The molecular weight excluding hydrogens is 308 g/mol. The van der Waals surface area contributed by atoms with E-state index in [-0.39, 0.29) is 0 Å². The van der Waals surface area contributed by atoms with Crippen LogP contribution in [-0.2, 0) is 4.79 Å². The predicted octanol–water partition coefficient (Wildman–Crippen LogP) is 2.86. The standard InChI is InChI=1S/C18H18N2O4/c1-11(21)15-9-13(5-8-16(15)24-2)17(18(22)23)20-14-6-3-12(10-19)4-7-14/h3-9,11,17,20-21H,1-2H3,(H,22,23). The summed E-state index contributed by atoms with van der Waals surface area (Å²) in [4.78, 5) is 11.7. The zero-order chi connectivity index (χ0) is 17.7. The molecule has 0 saturated carbocycles. The molecular formula is C18H18N2O4. The summed E-state index contributed by atoms with van der Waals surface area (Å²) in [5, 5.41) is 31.1. The van der Waals surface area contributed by atoms with E-state index in [0.29, 0.717) is 28.1 Å². The highest BCUT2D eigenvalue weighted by atomic mass is 16.5. The van der Waals surface area contributed by atoms with Gasteiger partial charge in [0.25, 0.3) is 0 Å². The topological polar surface area (TPSA) is 103 Å². The first-order chi connectivity index (χ1) is 11.5. The van der Waals surface area contributed by atoms with E-state index in [1.165, 1.54) is 7.11 Å². The smallest absolute Gasteiger partial charge is 0.330 e. The minimum absolute atomic E-state index is 0.489. The summed E-state index contributed by atoms with van der Waals surface area (Å²) in [7, 11) is 1.49. The molecule has 0 radical (unpaired) electrons. The molecule has 0 amide bonds. The van der Waals surface area contributed by atoms with Crippen LogP contribution in [0, 0.1) is 11.3 Å². The first-order valence-electron chi connectivity index (χ1n) is 7.31. The fraction of sp³-hybridized carbons (Fsp3) is 0.222. The Hall–Kier alpha value is -3.04. The number of aliphatic carboxylic acids is 1. The summed E-state index contributed by atoms with van der Waals surface area (Å²) in [6.45, 7) is 1.59. The number of nitrogens with one attached hydrogen (secondary N) is 1. The van der Waals surface area contributed by atoms with Crippen LogP contribution in [0.5, 0.6) is 5.75 Å². The zero-order valence-electron chi connectivity index (χ0n) is 13.4. The van der Waals surface area contributed by atoms with Crippen LogP contribution in [0.4, 0.5) is 5.69 Å². The number of anilines is 1. The third kappa shape index (κ3) is 3.83. The van der Waals surface area contributed by atoms with E-state index in [2.05, 4.69) is 5.32 Å². The van der Waals surface area contributed by atoms with Crippen molar-refractivity contribution in [3.8, 4) is 11.8 Å². The molecule has 3 N–H and O–H groups in total. The highest BCUT2D eigenvalue weighted by Crippen LogP contribution is 2.30. The Labute approximate surface area is 139 Å². The Morgan fingerprint density at radius 2 is 1.92 bits per heavy atom. The normalized spacial score (nSPS) is 12.8. The number of carboxylic acids is 1. The molecule has 2 aromatic rings. The second kappa shape index (κ2) is 7.49. The zero-order valence-corrected chi connectivity index (χ0v) is 13.4. The van der Waals surface area contributed by atoms with E-state index in [1.807, 2.05) is 6.07 Å². The average Bonchev–Trinajstić information content (AvgIpc) is 2.59. The van der Waals surface area contributed by atoms with E-state index < -0.39 is 18.1 Å². The molecule has 0 aliphatic carbocycles. The van der Waals surface area contributed by atoms with Gasteiger partial charge < -0.3 is 20.3 Å². The summed E-state index contributed by atoms with van der Waals surface area (Å²) in [6.07, 6.45) is -0.788. The SMILES string of the molecule is COc1ccc(C(Nc2ccc(C#N)cc2)C(=O)O)cc1C(C)O. The molecule has 6 nitrogen and oxygen atoms in total. The highest BCUT2D eigenvalue weighted by Gasteiger charge is 2.22. The van der Waals surface area contributed by atoms with Crippen LogP contribution in [0.15, 0.2) is 42.5 Å². The molecule has 2 unspecified atom stereocenters. The Morgan fingerprint density at radius 1 is 1.25 bits per heavy atom. The number of aliphatic hydroxyl groups is 1. The van der Waals surface area contributed by atoms with Crippen LogP contribution in [0.2, 0.25) is 0 Å². The average molecular weight is 326 g/mol. The molecule has 2 atom stereocenters. The van der Waals surface area contributed by atoms with Crippen molar-refractivity contribution in [2.24, 2.45) is 0 Å². The second-order valence-electron chi connectivity index (χ2n) is 5.28. The van der Waals surface area contributed by atoms with Crippen LogP contribution in [0.25, 0.3) is 0 Å². The van der Waals surface area contributed by atoms with E-state index in [4.69, 9.17) is 10.00 Å². The summed E-state index contributed by atoms with van der Waals surface area (Å²) in [5.41, 5.74) is 2.08. The van der Waals surface area contributed by atoms with Gasteiger partial charge in [0.1, 0.15) is 5.75 Å². The number of methoxy groups -OCH3 is 1. The fourth-order valence-corrected chi connectivity index (χ4v) is 2.35. The Bertz CT molecular complexity index is 764. The van der Waals surface area contributed by atoms with Crippen LogP contribution in [0.3, 0.4) is 0 Å². The monoisotopic (exact) mass is 326 g/mol. The van der Waals surface area contributed by atoms with Crippen molar-refractivity contribution in [1.82, 2.24) is 0 Å². The number of nitriles is 1. The molecule has 124 valence electrons. The predicted molar refractivity (Wildman–Crippen MR) is 88.8 cm³/mol. The van der Waals surface area contributed by atoms with Crippen LogP contribution < -0.4 is 10.1 Å². The lowest BCUT2D eigenvalue weighted by Gasteiger charge is -2.19. The first kappa shape index (κ1) is 17.3. The number of rotatable bonds is 6. The number of nitrogens with zero attached hydrogens (tertiary/aromatic N) is 1. The number of ether oxygens (including phenoxy) is 1. The van der Waals surface area contributed by atoms with E-state index in [9.17, 15) is 15.0 Å². The number of hydrogen-bond donors (Lipinski definition) is 3. The first-order valence-corrected chi connectivity index (χ1v) is 7.31. The van der Waals surface area contributed by atoms with Gasteiger partial charge in [-0.1, -0.05) is 6.07 Å². The van der Waals surface area contributed by atoms with E-state index in [0.717, 1.165) is 0 Å². The Balaban J connectivity index is 2.35. The molecule has 0 saturated heterocycles. The molecule has 0 fully saturated rings. The Morgan fingerprint density at radius 3 is 2.42 bits per heavy atom. The fourth-order valence-electron chi connectivity index (χ4n) is 2.35. The molecule has 6 heteroatoms. The van der Waals surface area contributed by atoms with Gasteiger partial charge in [0.05, 0.1) is 24.8 Å². The molecule has 24 heavy (non-hydrogen) atoms. The van der Waals surface area contributed by atoms with Crippen LogP contribution in [0.1, 0.15) is 35.8 Å². The van der Waals surface area contributed by atoms with Gasteiger partial charge >= 0.3 is 5.97 Å². The lowest BCUT2D eigenvalue weighted by molar-refractivity contribution is -0.138. The molecule has 0 aliphatic rings. The third-order valence-corrected chi connectivity index (χ3v) is 3.61. The van der Waals surface area contributed by atoms with Crippen LogP contribution in [-0.4, -0.2) is 23.3 Å². The second-order valence-corrected chi connectivity index (χ2v) is 5.28. The number of hydrogen-bond acceptors (Lipinski definition) is 5. The van der Waals surface area contributed by atoms with Crippen molar-refractivity contribution in [1.29, 1.82) is 5.26 Å². The largest absolute Gasteiger partial charge is 0.496 e. The van der Waals surface area contributed by atoms with Gasteiger partial charge in [-0.05, 0) is 48.9 Å². The van der Waals surface area contributed by atoms with Gasteiger partial charge in [0.15, 0.2) is 6.04 Å². The van der Waals surface area contributed by atoms with Gasteiger partial charge in [0, 0.05) is 11.3 Å². The molecule has 2 aromatic carbocycles. The molecule has 0 spiro atoms. The van der Waals surface area contributed by atoms with Gasteiger partial charge in [-0.3, -0.25) is 0 Å². The number of benzene rings is 2. The summed E-state index contributed by atoms with van der Waals surface area (Å²) >= 11 is 0. The van der Waals surface area contributed by atoms with E-state index >= 15 is 0 Å². The Kier molecular flexibility index (Phi) is 5.40. The van der Waals surface area contributed by atoms with Crippen molar-refractivity contribution in [3.63, 3.8) is 0 Å². The summed E-state index contributed by atoms with van der Waals surface area (Å²) in [6, 6.07) is 12.4. The maximum atomic E-state index is 11.7. The minimum Gasteiger partial charge on any atom is -0.496 e. The molecule has 0 heterocycles. The quantitative estimate of drug-likeness (QED) is 0.754. The molecule has 0 aliphatic heterocycles. The maximum absolute atomic E-state index is 11.7. The van der Waals surface area contributed by atoms with E-state index in [1.54, 1.807) is 49.4 Å². The molecule has 0 bridgehead atoms. The van der Waals surface area contributed by atoms with Crippen molar-refractivity contribution in [3.05, 3.63) is 59.2 Å². The number of carboxylic acid groups (broad SMARTS) is 1. The lowest BCUT2D eigenvalue weighted by atomic mass is 10.00. The van der Waals surface area contributed by atoms with Gasteiger partial charge in [-0.2, -0.15) is 5.26 Å². The lowest BCUT2D eigenvalue weighted by Crippen LogP contribution is -2.20. The van der Waals surface area contributed by atoms with Crippen molar-refractivity contribution >= 4 is 11.7 Å². The highest BCUT2D eigenvalue weighted by molar-refractivity contribution is 5.79. The van der Waals surface area contributed by atoms with Crippen molar-refractivity contribution in [2.45, 2.75) is 19.1 Å². The molecule has 0 aromatic heterocycles. The maximum Gasteiger partial charge on any atom is 0.330 e. The van der Waals surface area contributed by atoms with Crippen molar-refractivity contribution in [2.75, 3.05) is 12.4 Å². The summed E-state index contributed by atoms with van der Waals surface area (Å²) < 4.78 is 5.19. The van der Waals surface area contributed by atoms with Gasteiger partial charge in [-0.15, -0.1) is 0 Å². The number of carbonyl (C=O) groups is 1. The molecule has 2 rings (SSSR count). The van der Waals surface area contributed by atoms with Gasteiger partial charge in [0.2, 0.25) is 0 Å².